The van der Waals surface area contributed by atoms with E-state index in [1.54, 1.807) is 38.2 Å². The minimum absolute atomic E-state index is 0.0442. The van der Waals surface area contributed by atoms with Gasteiger partial charge in [-0.25, -0.2) is 4.68 Å². The van der Waals surface area contributed by atoms with E-state index in [1.165, 1.54) is 6.20 Å². The second-order valence-corrected chi connectivity index (χ2v) is 4.57. The number of alkyl halides is 3. The fourth-order valence-electron chi connectivity index (χ4n) is 2.04. The van der Waals surface area contributed by atoms with Crippen LogP contribution in [-0.2, 0) is 6.18 Å². The molecule has 0 saturated carbocycles. The molecule has 3 nitrogen and oxygen atoms in total. The van der Waals surface area contributed by atoms with E-state index in [0.717, 1.165) is 10.4 Å². The number of halogens is 3. The van der Waals surface area contributed by atoms with Gasteiger partial charge in [-0.15, -0.1) is 0 Å². The van der Waals surface area contributed by atoms with Gasteiger partial charge in [-0.3, -0.25) is 0 Å². The molecule has 0 saturated heterocycles. The van der Waals surface area contributed by atoms with Crippen LogP contribution >= 0.6 is 0 Å². The zero-order valence-electron chi connectivity index (χ0n) is 11.8. The Bertz CT molecular complexity index is 639. The third-order valence-corrected chi connectivity index (χ3v) is 3.25. The summed E-state index contributed by atoms with van der Waals surface area (Å²) in [5, 5.41) is 6.81. The van der Waals surface area contributed by atoms with Gasteiger partial charge in [0.2, 0.25) is 0 Å². The summed E-state index contributed by atoms with van der Waals surface area (Å²) in [6.07, 6.45) is -2.83. The largest absolute Gasteiger partial charge is 0.434 e. The van der Waals surface area contributed by atoms with E-state index in [-0.39, 0.29) is 5.56 Å². The van der Waals surface area contributed by atoms with Gasteiger partial charge in [-0.05, 0) is 36.3 Å². The van der Waals surface area contributed by atoms with Gasteiger partial charge < -0.3 is 5.32 Å². The summed E-state index contributed by atoms with van der Waals surface area (Å²) in [6.45, 7) is 5.45. The number of aromatic nitrogens is 2. The fraction of sp³-hybridized carbons (Fsp3) is 0.267. The van der Waals surface area contributed by atoms with E-state index in [1.807, 2.05) is 0 Å². The van der Waals surface area contributed by atoms with Crippen molar-refractivity contribution in [2.75, 3.05) is 12.4 Å². The van der Waals surface area contributed by atoms with Crippen molar-refractivity contribution in [1.82, 2.24) is 9.78 Å². The zero-order valence-corrected chi connectivity index (χ0v) is 11.8. The summed E-state index contributed by atoms with van der Waals surface area (Å²) in [4.78, 5) is 0. The van der Waals surface area contributed by atoms with Crippen molar-refractivity contribution >= 4 is 11.3 Å². The molecule has 2 aromatic rings. The Morgan fingerprint density at radius 1 is 1.29 bits per heavy atom. The van der Waals surface area contributed by atoms with Gasteiger partial charge in [0.25, 0.3) is 0 Å². The molecule has 0 aliphatic rings. The molecule has 1 heterocycles. The minimum atomic E-state index is -4.49. The summed E-state index contributed by atoms with van der Waals surface area (Å²) in [7, 11) is 1.74. The van der Waals surface area contributed by atoms with Crippen molar-refractivity contribution in [3.63, 3.8) is 0 Å². The lowest BCUT2D eigenvalue weighted by molar-refractivity contribution is -0.143. The molecule has 0 unspecified atom stereocenters. The van der Waals surface area contributed by atoms with Crippen LogP contribution in [0.3, 0.4) is 0 Å². The summed E-state index contributed by atoms with van der Waals surface area (Å²) in [6, 6.07) is 6.58. The van der Waals surface area contributed by atoms with Crippen molar-refractivity contribution in [2.24, 2.45) is 0 Å². The molecule has 0 aliphatic heterocycles. The number of rotatable bonds is 4. The van der Waals surface area contributed by atoms with Crippen molar-refractivity contribution in [3.8, 4) is 5.69 Å². The number of nitrogens with one attached hydrogen (secondary N) is 1. The van der Waals surface area contributed by atoms with E-state index in [9.17, 15) is 13.2 Å². The Labute approximate surface area is 121 Å². The van der Waals surface area contributed by atoms with Crippen LogP contribution in [0.1, 0.15) is 24.6 Å². The van der Waals surface area contributed by atoms with Crippen LogP contribution in [0.15, 0.2) is 37.0 Å². The predicted molar refractivity (Wildman–Crippen MR) is 77.4 cm³/mol. The van der Waals surface area contributed by atoms with Crippen LogP contribution in [0, 0.1) is 0 Å². The number of hydrogen-bond acceptors (Lipinski definition) is 2. The molecule has 0 aliphatic carbocycles. The van der Waals surface area contributed by atoms with Gasteiger partial charge in [0, 0.05) is 18.3 Å². The molecule has 2 rings (SSSR count). The van der Waals surface area contributed by atoms with Crippen LogP contribution in [0.2, 0.25) is 0 Å². The monoisotopic (exact) mass is 295 g/mol. The topological polar surface area (TPSA) is 29.9 Å². The van der Waals surface area contributed by atoms with Gasteiger partial charge in [-0.2, -0.15) is 18.3 Å². The summed E-state index contributed by atoms with van der Waals surface area (Å²) in [5.41, 5.74) is 0.851. The highest BCUT2D eigenvalue weighted by Gasteiger charge is 2.38. The van der Waals surface area contributed by atoms with Crippen LogP contribution in [-0.4, -0.2) is 16.8 Å². The highest BCUT2D eigenvalue weighted by molar-refractivity contribution is 5.66. The Morgan fingerprint density at radius 3 is 2.38 bits per heavy atom. The van der Waals surface area contributed by atoms with Crippen LogP contribution < -0.4 is 5.32 Å². The molecule has 6 heteroatoms. The Kier molecular flexibility index (Phi) is 4.06. The lowest BCUT2D eigenvalue weighted by atomic mass is 10.1. The van der Waals surface area contributed by atoms with Crippen molar-refractivity contribution in [2.45, 2.75) is 19.5 Å². The molecular formula is C15H16F3N3. The molecule has 0 atom stereocenters. The second-order valence-electron chi connectivity index (χ2n) is 4.57. The van der Waals surface area contributed by atoms with E-state index < -0.39 is 11.9 Å². The van der Waals surface area contributed by atoms with Gasteiger partial charge in [0.05, 0.1) is 11.9 Å². The number of allylic oxidation sites excluding steroid dienone is 1. The molecule has 0 spiro atoms. The van der Waals surface area contributed by atoms with Crippen LogP contribution in [0.5, 0.6) is 0 Å². The molecule has 0 radical (unpaired) electrons. The lowest BCUT2D eigenvalue weighted by Gasteiger charge is -2.13. The van der Waals surface area contributed by atoms with E-state index in [0.29, 0.717) is 17.7 Å². The summed E-state index contributed by atoms with van der Waals surface area (Å²) in [5.74, 6) is 0. The fourth-order valence-corrected chi connectivity index (χ4v) is 2.04. The quantitative estimate of drug-likeness (QED) is 0.908. The lowest BCUT2D eigenvalue weighted by Crippen LogP contribution is -2.15. The van der Waals surface area contributed by atoms with Gasteiger partial charge in [-0.1, -0.05) is 13.5 Å². The maximum absolute atomic E-state index is 13.4. The molecule has 1 aromatic carbocycles. The first kappa shape index (κ1) is 15.2. The van der Waals surface area contributed by atoms with Gasteiger partial charge >= 0.3 is 6.18 Å². The number of anilines is 1. The smallest absolute Gasteiger partial charge is 0.388 e. The van der Waals surface area contributed by atoms with Gasteiger partial charge in [0.15, 0.2) is 5.69 Å². The summed E-state index contributed by atoms with van der Waals surface area (Å²) < 4.78 is 41.0. The van der Waals surface area contributed by atoms with Crippen molar-refractivity contribution in [1.29, 1.82) is 0 Å². The molecule has 1 N–H and O–H groups in total. The third kappa shape index (κ3) is 2.94. The Balaban J connectivity index is 2.58. The first-order chi connectivity index (χ1) is 9.88. The maximum atomic E-state index is 13.4. The van der Waals surface area contributed by atoms with Crippen LogP contribution in [0.4, 0.5) is 18.9 Å². The highest BCUT2D eigenvalue weighted by atomic mass is 19.4. The molecule has 21 heavy (non-hydrogen) atoms. The van der Waals surface area contributed by atoms with Crippen LogP contribution in [0.25, 0.3) is 11.3 Å². The average Bonchev–Trinajstić information content (AvgIpc) is 2.91. The van der Waals surface area contributed by atoms with Crippen molar-refractivity contribution in [3.05, 3.63) is 48.3 Å². The minimum Gasteiger partial charge on any atom is -0.388 e. The molecule has 0 amide bonds. The first-order valence-electron chi connectivity index (χ1n) is 6.50. The third-order valence-electron chi connectivity index (χ3n) is 3.25. The normalized spacial score (nSPS) is 11.5. The maximum Gasteiger partial charge on any atom is 0.434 e. The number of benzene rings is 1. The Morgan fingerprint density at radius 2 is 1.90 bits per heavy atom. The molecular weight excluding hydrogens is 279 g/mol. The average molecular weight is 295 g/mol. The van der Waals surface area contributed by atoms with Crippen molar-refractivity contribution < 1.29 is 13.2 Å². The molecule has 112 valence electrons. The van der Waals surface area contributed by atoms with E-state index >= 15 is 0 Å². The number of nitrogens with zero attached hydrogens (tertiary/aromatic N) is 2. The highest BCUT2D eigenvalue weighted by Crippen LogP contribution is 2.36. The summed E-state index contributed by atoms with van der Waals surface area (Å²) >= 11 is 0. The van der Waals surface area contributed by atoms with E-state index in [4.69, 9.17) is 0 Å². The number of hydrogen-bond donors (Lipinski definition) is 1. The Hall–Kier alpha value is -2.24. The second kappa shape index (κ2) is 5.63. The zero-order chi connectivity index (χ0) is 15.6. The standard InChI is InChI=1S/C15H16F3N3/c1-4-10(2)13-9-20-21(14(13)15(16,17)18)12-7-5-11(19-3)6-8-12/h5-9,19H,2,4H2,1,3H3. The van der Waals surface area contributed by atoms with E-state index in [2.05, 4.69) is 17.0 Å². The molecule has 0 fully saturated rings. The predicted octanol–water partition coefficient (Wildman–Crippen LogP) is 4.36. The molecule has 1 aromatic heterocycles. The first-order valence-corrected chi connectivity index (χ1v) is 6.50. The SMILES string of the molecule is C=C(CC)c1cnn(-c2ccc(NC)cc2)c1C(F)(F)F. The van der Waals surface area contributed by atoms with Gasteiger partial charge in [0.1, 0.15) is 0 Å². The molecule has 0 bridgehead atoms.